The Balaban J connectivity index is 2.02. The third-order valence-corrected chi connectivity index (χ3v) is 2.81. The van der Waals surface area contributed by atoms with Gasteiger partial charge in [0.15, 0.2) is 0 Å². The van der Waals surface area contributed by atoms with E-state index in [9.17, 15) is 0 Å². The lowest BCUT2D eigenvalue weighted by Gasteiger charge is -2.21. The maximum atomic E-state index is 5.44. The molecule has 1 aliphatic rings. The Hall–Kier alpha value is -1.55. The fraction of sp³-hybridized carbons (Fsp3) is 0.364. The number of nitrogens with zero attached hydrogens (tertiary/aromatic N) is 2. The van der Waals surface area contributed by atoms with Crippen molar-refractivity contribution in [3.8, 4) is 0 Å². The quantitative estimate of drug-likeness (QED) is 0.758. The van der Waals surface area contributed by atoms with Crippen molar-refractivity contribution in [3.63, 3.8) is 0 Å². The van der Waals surface area contributed by atoms with E-state index in [2.05, 4.69) is 10.3 Å². The Morgan fingerprint density at radius 1 is 1.60 bits per heavy atom. The van der Waals surface area contributed by atoms with Crippen LogP contribution in [0.15, 0.2) is 29.3 Å². The minimum atomic E-state index is 0.189. The van der Waals surface area contributed by atoms with Gasteiger partial charge in [-0.1, -0.05) is 0 Å². The summed E-state index contributed by atoms with van der Waals surface area (Å²) in [7, 11) is 1.98. The fourth-order valence-corrected chi connectivity index (χ4v) is 2.10. The van der Waals surface area contributed by atoms with Gasteiger partial charge in [0.1, 0.15) is 5.76 Å². The Kier molecular flexibility index (Phi) is 1.89. The number of aryl methyl sites for hydroxylation is 1. The number of furan rings is 1. The van der Waals surface area contributed by atoms with Crippen molar-refractivity contribution in [3.05, 3.63) is 41.9 Å². The Labute approximate surface area is 87.9 Å². The lowest BCUT2D eigenvalue weighted by atomic mass is 10.00. The summed E-state index contributed by atoms with van der Waals surface area (Å²) in [5, 5.41) is 3.46. The van der Waals surface area contributed by atoms with Crippen LogP contribution < -0.4 is 5.32 Å². The van der Waals surface area contributed by atoms with Crippen molar-refractivity contribution in [2.75, 3.05) is 6.54 Å². The van der Waals surface area contributed by atoms with Crippen LogP contribution in [0.5, 0.6) is 0 Å². The molecule has 0 radical (unpaired) electrons. The monoisotopic (exact) mass is 203 g/mol. The van der Waals surface area contributed by atoms with E-state index in [0.29, 0.717) is 0 Å². The topological polar surface area (TPSA) is 43.0 Å². The summed E-state index contributed by atoms with van der Waals surface area (Å²) in [4.78, 5) is 4.38. The summed E-state index contributed by atoms with van der Waals surface area (Å²) in [6.07, 6.45) is 6.59. The first-order chi connectivity index (χ1) is 7.34. The molecule has 0 amide bonds. The highest BCUT2D eigenvalue weighted by Crippen LogP contribution is 2.28. The smallest absolute Gasteiger partial charge is 0.110 e. The maximum absolute atomic E-state index is 5.44. The number of fused-ring (bicyclic) bond motifs is 1. The van der Waals surface area contributed by atoms with Crippen LogP contribution in [0.2, 0.25) is 0 Å². The molecule has 4 nitrogen and oxygen atoms in total. The van der Waals surface area contributed by atoms with Gasteiger partial charge in [0.2, 0.25) is 0 Å². The first kappa shape index (κ1) is 8.73. The minimum Gasteiger partial charge on any atom is -0.469 e. The molecule has 0 spiro atoms. The van der Waals surface area contributed by atoms with Gasteiger partial charge in [0, 0.05) is 31.8 Å². The summed E-state index contributed by atoms with van der Waals surface area (Å²) in [6.45, 7) is 0.946. The molecule has 1 unspecified atom stereocenters. The van der Waals surface area contributed by atoms with E-state index in [-0.39, 0.29) is 6.04 Å². The SMILES string of the molecule is Cn1cnc(C2NCCc3occc32)c1. The Bertz CT molecular complexity index is 472. The second kappa shape index (κ2) is 3.24. The zero-order chi connectivity index (χ0) is 10.3. The number of imidazole rings is 1. The molecule has 1 aliphatic heterocycles. The number of hydrogen-bond donors (Lipinski definition) is 1. The second-order valence-electron chi connectivity index (χ2n) is 3.90. The Morgan fingerprint density at radius 2 is 2.53 bits per heavy atom. The number of hydrogen-bond acceptors (Lipinski definition) is 3. The standard InChI is InChI=1S/C11H13N3O/c1-14-6-9(13-7-14)11-8-3-5-15-10(8)2-4-12-11/h3,5-7,11-12H,2,4H2,1H3. The van der Waals surface area contributed by atoms with Gasteiger partial charge in [-0.2, -0.15) is 0 Å². The average molecular weight is 203 g/mol. The van der Waals surface area contributed by atoms with Crippen molar-refractivity contribution in [1.29, 1.82) is 0 Å². The molecule has 1 N–H and O–H groups in total. The third-order valence-electron chi connectivity index (χ3n) is 2.81. The van der Waals surface area contributed by atoms with Gasteiger partial charge in [-0.15, -0.1) is 0 Å². The van der Waals surface area contributed by atoms with Crippen molar-refractivity contribution in [1.82, 2.24) is 14.9 Å². The summed E-state index contributed by atoms with van der Waals surface area (Å²) in [5.74, 6) is 1.09. The predicted octanol–water partition coefficient (Wildman–Crippen LogP) is 1.25. The summed E-state index contributed by atoms with van der Waals surface area (Å²) >= 11 is 0. The summed E-state index contributed by atoms with van der Waals surface area (Å²) in [5.41, 5.74) is 2.28. The number of rotatable bonds is 1. The lowest BCUT2D eigenvalue weighted by Crippen LogP contribution is -2.29. The molecule has 15 heavy (non-hydrogen) atoms. The first-order valence-electron chi connectivity index (χ1n) is 5.12. The van der Waals surface area contributed by atoms with E-state index in [1.807, 2.05) is 30.2 Å². The zero-order valence-corrected chi connectivity index (χ0v) is 8.60. The normalized spacial score (nSPS) is 20.2. The lowest BCUT2D eigenvalue weighted by molar-refractivity contribution is 0.453. The number of aromatic nitrogens is 2. The Morgan fingerprint density at radius 3 is 3.33 bits per heavy atom. The van der Waals surface area contributed by atoms with E-state index in [1.165, 1.54) is 5.56 Å². The minimum absolute atomic E-state index is 0.189. The molecular weight excluding hydrogens is 190 g/mol. The van der Waals surface area contributed by atoms with Crippen LogP contribution in [0.25, 0.3) is 0 Å². The molecular formula is C11H13N3O. The van der Waals surface area contributed by atoms with Crippen molar-refractivity contribution >= 4 is 0 Å². The molecule has 4 heteroatoms. The predicted molar refractivity (Wildman–Crippen MR) is 55.5 cm³/mol. The molecule has 1 atom stereocenters. The van der Waals surface area contributed by atoms with Gasteiger partial charge in [-0.25, -0.2) is 4.98 Å². The van der Waals surface area contributed by atoms with E-state index in [0.717, 1.165) is 24.4 Å². The largest absolute Gasteiger partial charge is 0.469 e. The summed E-state index contributed by atoms with van der Waals surface area (Å²) < 4.78 is 7.40. The van der Waals surface area contributed by atoms with Gasteiger partial charge >= 0.3 is 0 Å². The molecule has 3 rings (SSSR count). The van der Waals surface area contributed by atoms with Crippen LogP contribution in [0.3, 0.4) is 0 Å². The molecule has 0 saturated heterocycles. The maximum Gasteiger partial charge on any atom is 0.110 e. The van der Waals surface area contributed by atoms with Crippen molar-refractivity contribution in [2.24, 2.45) is 7.05 Å². The van der Waals surface area contributed by atoms with Crippen LogP contribution in [0, 0.1) is 0 Å². The molecule has 0 bridgehead atoms. The van der Waals surface area contributed by atoms with Crippen LogP contribution in [0.4, 0.5) is 0 Å². The van der Waals surface area contributed by atoms with Crippen molar-refractivity contribution < 1.29 is 4.42 Å². The molecule has 0 saturated carbocycles. The molecule has 2 aromatic heterocycles. The molecule has 3 heterocycles. The van der Waals surface area contributed by atoms with Crippen LogP contribution in [-0.2, 0) is 13.5 Å². The molecule has 0 fully saturated rings. The molecule has 0 aromatic carbocycles. The zero-order valence-electron chi connectivity index (χ0n) is 8.60. The van der Waals surface area contributed by atoms with Gasteiger partial charge in [-0.3, -0.25) is 0 Å². The van der Waals surface area contributed by atoms with Gasteiger partial charge in [0.05, 0.1) is 24.3 Å². The van der Waals surface area contributed by atoms with E-state index in [4.69, 9.17) is 4.42 Å². The molecule has 2 aromatic rings. The van der Waals surface area contributed by atoms with Gasteiger partial charge in [0.25, 0.3) is 0 Å². The van der Waals surface area contributed by atoms with E-state index < -0.39 is 0 Å². The van der Waals surface area contributed by atoms with Crippen LogP contribution in [-0.4, -0.2) is 16.1 Å². The number of nitrogens with one attached hydrogen (secondary N) is 1. The second-order valence-corrected chi connectivity index (χ2v) is 3.90. The van der Waals surface area contributed by atoms with Gasteiger partial charge in [-0.05, 0) is 6.07 Å². The van der Waals surface area contributed by atoms with Crippen molar-refractivity contribution in [2.45, 2.75) is 12.5 Å². The van der Waals surface area contributed by atoms with Crippen LogP contribution >= 0.6 is 0 Å². The molecule has 0 aliphatic carbocycles. The molecule has 78 valence electrons. The van der Waals surface area contributed by atoms with Gasteiger partial charge < -0.3 is 14.3 Å². The fourth-order valence-electron chi connectivity index (χ4n) is 2.10. The highest BCUT2D eigenvalue weighted by atomic mass is 16.3. The van der Waals surface area contributed by atoms with E-state index >= 15 is 0 Å². The van der Waals surface area contributed by atoms with Crippen LogP contribution in [0.1, 0.15) is 23.1 Å². The summed E-state index contributed by atoms with van der Waals surface area (Å²) in [6, 6.07) is 2.22. The highest BCUT2D eigenvalue weighted by molar-refractivity contribution is 5.31. The first-order valence-corrected chi connectivity index (χ1v) is 5.12. The van der Waals surface area contributed by atoms with E-state index in [1.54, 1.807) is 6.26 Å². The third kappa shape index (κ3) is 1.37. The average Bonchev–Trinajstić information content (AvgIpc) is 2.84. The highest BCUT2D eigenvalue weighted by Gasteiger charge is 2.24.